The maximum atomic E-state index is 6.23. The summed E-state index contributed by atoms with van der Waals surface area (Å²) in [5, 5.41) is 3.75. The molecule has 0 saturated heterocycles. The van der Waals surface area contributed by atoms with Crippen molar-refractivity contribution in [2.75, 3.05) is 24.3 Å². The minimum absolute atomic E-state index is 0.120. The maximum Gasteiger partial charge on any atom is 0.149 e. The highest BCUT2D eigenvalue weighted by Crippen LogP contribution is 2.28. The number of anilines is 2. The van der Waals surface area contributed by atoms with Gasteiger partial charge < -0.3 is 10.2 Å². The number of nitrogens with one attached hydrogen (secondary N) is 1. The second-order valence-electron chi connectivity index (χ2n) is 4.32. The Hall–Kier alpha value is -1.81. The molecular formula is C14H17ClN4. The molecule has 0 bridgehead atoms. The molecule has 1 atom stereocenters. The molecule has 0 amide bonds. The van der Waals surface area contributed by atoms with Crippen LogP contribution in [0, 0.1) is 0 Å². The van der Waals surface area contributed by atoms with Crippen molar-refractivity contribution < 1.29 is 0 Å². The number of aromatic nitrogens is 2. The van der Waals surface area contributed by atoms with Crippen molar-refractivity contribution in [3.63, 3.8) is 0 Å². The summed E-state index contributed by atoms with van der Waals surface area (Å²) in [7, 11) is 3.81. The average molecular weight is 277 g/mol. The molecule has 0 fully saturated rings. The van der Waals surface area contributed by atoms with E-state index in [0.717, 1.165) is 22.2 Å². The van der Waals surface area contributed by atoms with E-state index in [1.807, 2.05) is 38.4 Å². The lowest BCUT2D eigenvalue weighted by molar-refractivity contribution is 0.727. The highest BCUT2D eigenvalue weighted by Gasteiger charge is 2.16. The van der Waals surface area contributed by atoms with Crippen LogP contribution in [-0.2, 0) is 0 Å². The van der Waals surface area contributed by atoms with Crippen LogP contribution in [0.1, 0.15) is 18.5 Å². The molecule has 0 saturated carbocycles. The SMILES string of the molecule is CNc1cncc(N(C)C(C)c2ccccc2Cl)n1. The summed E-state index contributed by atoms with van der Waals surface area (Å²) < 4.78 is 0. The lowest BCUT2D eigenvalue weighted by atomic mass is 10.1. The van der Waals surface area contributed by atoms with Gasteiger partial charge in [-0.1, -0.05) is 29.8 Å². The summed E-state index contributed by atoms with van der Waals surface area (Å²) in [6, 6.07) is 7.96. The second kappa shape index (κ2) is 5.89. The summed E-state index contributed by atoms with van der Waals surface area (Å²) in [5.41, 5.74) is 1.07. The highest BCUT2D eigenvalue weighted by molar-refractivity contribution is 6.31. The molecule has 1 heterocycles. The molecule has 2 rings (SSSR count). The van der Waals surface area contributed by atoms with Crippen LogP contribution in [0.5, 0.6) is 0 Å². The van der Waals surface area contributed by atoms with Gasteiger partial charge in [0, 0.05) is 19.1 Å². The molecule has 100 valence electrons. The van der Waals surface area contributed by atoms with Gasteiger partial charge in [0.15, 0.2) is 0 Å². The van der Waals surface area contributed by atoms with Crippen LogP contribution >= 0.6 is 11.6 Å². The molecule has 4 nitrogen and oxygen atoms in total. The Balaban J connectivity index is 2.28. The lowest BCUT2D eigenvalue weighted by Gasteiger charge is -2.26. The molecule has 0 spiro atoms. The van der Waals surface area contributed by atoms with E-state index in [0.29, 0.717) is 0 Å². The minimum atomic E-state index is 0.120. The maximum absolute atomic E-state index is 6.23. The van der Waals surface area contributed by atoms with Crippen molar-refractivity contribution in [3.8, 4) is 0 Å². The molecule has 1 aromatic heterocycles. The predicted molar refractivity (Wildman–Crippen MR) is 79.8 cm³/mol. The largest absolute Gasteiger partial charge is 0.372 e. The number of halogens is 1. The first-order valence-electron chi connectivity index (χ1n) is 6.10. The fraction of sp³-hybridized carbons (Fsp3) is 0.286. The summed E-state index contributed by atoms with van der Waals surface area (Å²) in [4.78, 5) is 10.7. The molecule has 19 heavy (non-hydrogen) atoms. The van der Waals surface area contributed by atoms with Crippen LogP contribution in [0.3, 0.4) is 0 Å². The van der Waals surface area contributed by atoms with Crippen LogP contribution in [0.25, 0.3) is 0 Å². The van der Waals surface area contributed by atoms with E-state index < -0.39 is 0 Å². The Kier molecular flexibility index (Phi) is 4.22. The molecule has 0 radical (unpaired) electrons. The topological polar surface area (TPSA) is 41.1 Å². The van der Waals surface area contributed by atoms with Gasteiger partial charge in [0.1, 0.15) is 11.6 Å². The fourth-order valence-electron chi connectivity index (χ4n) is 1.87. The van der Waals surface area contributed by atoms with Gasteiger partial charge in [-0.15, -0.1) is 0 Å². The first-order valence-corrected chi connectivity index (χ1v) is 6.48. The number of nitrogens with zero attached hydrogens (tertiary/aromatic N) is 3. The van der Waals surface area contributed by atoms with Gasteiger partial charge in [-0.25, -0.2) is 4.98 Å². The quantitative estimate of drug-likeness (QED) is 0.930. The summed E-state index contributed by atoms with van der Waals surface area (Å²) in [6.07, 6.45) is 3.44. The van der Waals surface area contributed by atoms with E-state index >= 15 is 0 Å². The standard InChI is InChI=1S/C14H17ClN4/c1-10(11-6-4-5-7-12(11)15)19(3)14-9-17-8-13(16-2)18-14/h4-10H,1-3H3,(H,16,18). The normalized spacial score (nSPS) is 12.0. The van der Waals surface area contributed by atoms with E-state index in [2.05, 4.69) is 27.1 Å². The van der Waals surface area contributed by atoms with Crippen LogP contribution in [0.2, 0.25) is 5.02 Å². The average Bonchev–Trinajstić information content (AvgIpc) is 2.46. The van der Waals surface area contributed by atoms with Crippen molar-refractivity contribution in [1.29, 1.82) is 0 Å². The van der Waals surface area contributed by atoms with Crippen molar-refractivity contribution in [2.24, 2.45) is 0 Å². The fourth-order valence-corrected chi connectivity index (χ4v) is 2.16. The molecule has 0 aliphatic heterocycles. The number of benzene rings is 1. The summed E-state index contributed by atoms with van der Waals surface area (Å²) in [5.74, 6) is 1.55. The molecule has 2 aromatic rings. The van der Waals surface area contributed by atoms with E-state index in [9.17, 15) is 0 Å². The molecule has 0 aliphatic carbocycles. The van der Waals surface area contributed by atoms with E-state index in [1.54, 1.807) is 12.4 Å². The lowest BCUT2D eigenvalue weighted by Crippen LogP contribution is -2.23. The van der Waals surface area contributed by atoms with Gasteiger partial charge in [0.2, 0.25) is 0 Å². The number of hydrogen-bond donors (Lipinski definition) is 1. The minimum Gasteiger partial charge on any atom is -0.372 e. The van der Waals surface area contributed by atoms with E-state index in [-0.39, 0.29) is 6.04 Å². The Morgan fingerprint density at radius 2 is 2.00 bits per heavy atom. The van der Waals surface area contributed by atoms with Gasteiger partial charge in [-0.3, -0.25) is 4.98 Å². The first-order chi connectivity index (χ1) is 9.13. The Labute approximate surface area is 118 Å². The third-order valence-corrected chi connectivity index (χ3v) is 3.52. The second-order valence-corrected chi connectivity index (χ2v) is 4.73. The molecule has 1 unspecified atom stereocenters. The predicted octanol–water partition coefficient (Wildman–Crippen LogP) is 3.37. The van der Waals surface area contributed by atoms with E-state index in [1.165, 1.54) is 0 Å². The van der Waals surface area contributed by atoms with Crippen LogP contribution in [-0.4, -0.2) is 24.1 Å². The van der Waals surface area contributed by atoms with Crippen LogP contribution < -0.4 is 10.2 Å². The van der Waals surface area contributed by atoms with Crippen LogP contribution in [0.15, 0.2) is 36.7 Å². The first kappa shape index (κ1) is 13.6. The van der Waals surface area contributed by atoms with Gasteiger partial charge in [0.25, 0.3) is 0 Å². The zero-order valence-electron chi connectivity index (χ0n) is 11.3. The molecule has 5 heteroatoms. The smallest absolute Gasteiger partial charge is 0.149 e. The van der Waals surface area contributed by atoms with Gasteiger partial charge >= 0.3 is 0 Å². The van der Waals surface area contributed by atoms with Crippen molar-refractivity contribution in [1.82, 2.24) is 9.97 Å². The van der Waals surface area contributed by atoms with Crippen molar-refractivity contribution >= 4 is 23.2 Å². The van der Waals surface area contributed by atoms with E-state index in [4.69, 9.17) is 11.6 Å². The van der Waals surface area contributed by atoms with Gasteiger partial charge in [0.05, 0.1) is 18.4 Å². The van der Waals surface area contributed by atoms with Crippen LogP contribution in [0.4, 0.5) is 11.6 Å². The zero-order chi connectivity index (χ0) is 13.8. The zero-order valence-corrected chi connectivity index (χ0v) is 12.0. The number of hydrogen-bond acceptors (Lipinski definition) is 4. The summed E-state index contributed by atoms with van der Waals surface area (Å²) in [6.45, 7) is 2.09. The molecule has 1 N–H and O–H groups in total. The number of rotatable bonds is 4. The van der Waals surface area contributed by atoms with Gasteiger partial charge in [-0.2, -0.15) is 0 Å². The molecular weight excluding hydrogens is 260 g/mol. The van der Waals surface area contributed by atoms with Crippen molar-refractivity contribution in [2.45, 2.75) is 13.0 Å². The Morgan fingerprint density at radius 1 is 1.26 bits per heavy atom. The van der Waals surface area contributed by atoms with Gasteiger partial charge in [-0.05, 0) is 18.6 Å². The third kappa shape index (κ3) is 2.96. The summed E-state index contributed by atoms with van der Waals surface area (Å²) >= 11 is 6.23. The molecule has 0 aliphatic rings. The monoisotopic (exact) mass is 276 g/mol. The highest BCUT2D eigenvalue weighted by atomic mass is 35.5. The Bertz CT molecular complexity index is 559. The third-order valence-electron chi connectivity index (χ3n) is 3.18. The Morgan fingerprint density at radius 3 is 2.68 bits per heavy atom. The van der Waals surface area contributed by atoms with Crippen molar-refractivity contribution in [3.05, 3.63) is 47.2 Å². The molecule has 1 aromatic carbocycles.